The topological polar surface area (TPSA) is 13.1 Å². The van der Waals surface area contributed by atoms with E-state index >= 15 is 0 Å². The Labute approximate surface area is 81.5 Å². The van der Waals surface area contributed by atoms with E-state index in [1.54, 1.807) is 18.2 Å². The molecule has 1 heterocycles. The molecule has 4 heteroatoms. The van der Waals surface area contributed by atoms with Gasteiger partial charge >= 0.3 is 0 Å². The van der Waals surface area contributed by atoms with E-state index in [1.807, 2.05) is 0 Å². The van der Waals surface area contributed by atoms with Gasteiger partial charge in [-0.25, -0.2) is 8.78 Å². The van der Waals surface area contributed by atoms with Crippen LogP contribution in [0.1, 0.15) is 12.0 Å². The third-order valence-electron chi connectivity index (χ3n) is 1.81. The summed E-state index contributed by atoms with van der Waals surface area (Å²) in [6.07, 6.45) is -1.40. The zero-order chi connectivity index (χ0) is 9.42. The number of benzene rings is 1. The smallest absolute Gasteiger partial charge is 0.267 e. The summed E-state index contributed by atoms with van der Waals surface area (Å²) in [5.41, 5.74) is 0.409. The first kappa shape index (κ1) is 8.69. The third kappa shape index (κ3) is 1.35. The number of hydrogen-bond acceptors (Lipinski definition) is 1. The van der Waals surface area contributed by atoms with E-state index in [2.05, 4.69) is 15.9 Å². The van der Waals surface area contributed by atoms with Crippen LogP contribution in [0.2, 0.25) is 0 Å². The first-order valence-corrected chi connectivity index (χ1v) is 4.43. The number of alkyl halides is 2. The maximum Gasteiger partial charge on any atom is 0.267 e. The quantitative estimate of drug-likeness (QED) is 0.738. The Morgan fingerprint density at radius 1 is 1.31 bits per heavy atom. The fourth-order valence-electron chi connectivity index (χ4n) is 1.23. The van der Waals surface area contributed by atoms with Crippen LogP contribution in [-0.4, -0.2) is 0 Å². The molecule has 0 radical (unpaired) electrons. The van der Waals surface area contributed by atoms with Gasteiger partial charge < -0.3 is 4.42 Å². The first-order chi connectivity index (χ1) is 6.20. The molecule has 1 aromatic heterocycles. The number of hydrogen-bond donors (Lipinski definition) is 0. The van der Waals surface area contributed by atoms with Crippen molar-refractivity contribution in [3.05, 3.63) is 34.5 Å². The molecule has 0 atom stereocenters. The van der Waals surface area contributed by atoms with Crippen LogP contribution in [0, 0.1) is 0 Å². The highest BCUT2D eigenvalue weighted by atomic mass is 79.9. The molecule has 13 heavy (non-hydrogen) atoms. The number of halogens is 3. The first-order valence-electron chi connectivity index (χ1n) is 3.64. The summed E-state index contributed by atoms with van der Waals surface area (Å²) < 4.78 is 30.5. The van der Waals surface area contributed by atoms with E-state index in [9.17, 15) is 8.78 Å². The second-order valence-electron chi connectivity index (χ2n) is 2.60. The van der Waals surface area contributed by atoms with Crippen LogP contribution in [0.3, 0.4) is 0 Å². The second kappa shape index (κ2) is 3.10. The zero-order valence-corrected chi connectivity index (χ0v) is 8.01. The molecular formula is C9H5BrF2O. The van der Waals surface area contributed by atoms with Crippen molar-refractivity contribution in [2.45, 2.75) is 6.43 Å². The molecule has 0 aliphatic carbocycles. The summed E-state index contributed by atoms with van der Waals surface area (Å²) in [4.78, 5) is 0. The van der Waals surface area contributed by atoms with E-state index in [4.69, 9.17) is 4.42 Å². The minimum absolute atomic E-state index is 0.0672. The van der Waals surface area contributed by atoms with E-state index in [1.165, 1.54) is 0 Å². The van der Waals surface area contributed by atoms with E-state index in [0.717, 1.165) is 6.26 Å². The zero-order valence-electron chi connectivity index (χ0n) is 6.43. The van der Waals surface area contributed by atoms with Crippen molar-refractivity contribution in [3.63, 3.8) is 0 Å². The molecule has 1 aromatic carbocycles. The molecule has 0 saturated carbocycles. The minimum atomic E-state index is -2.50. The number of furan rings is 1. The second-order valence-corrected chi connectivity index (χ2v) is 3.46. The Morgan fingerprint density at radius 3 is 2.77 bits per heavy atom. The van der Waals surface area contributed by atoms with E-state index in [0.29, 0.717) is 15.4 Å². The van der Waals surface area contributed by atoms with Gasteiger partial charge in [0.05, 0.1) is 5.56 Å². The van der Waals surface area contributed by atoms with Crippen LogP contribution in [0.15, 0.2) is 33.4 Å². The van der Waals surface area contributed by atoms with Crippen LogP contribution in [0.4, 0.5) is 8.78 Å². The van der Waals surface area contributed by atoms with Gasteiger partial charge in [0.1, 0.15) is 11.8 Å². The van der Waals surface area contributed by atoms with Gasteiger partial charge in [-0.15, -0.1) is 0 Å². The monoisotopic (exact) mass is 246 g/mol. The van der Waals surface area contributed by atoms with Crippen molar-refractivity contribution < 1.29 is 13.2 Å². The summed E-state index contributed by atoms with van der Waals surface area (Å²) in [5.74, 6) is 0. The molecular weight excluding hydrogens is 242 g/mol. The van der Waals surface area contributed by atoms with Gasteiger partial charge in [0.2, 0.25) is 0 Å². The highest BCUT2D eigenvalue weighted by Gasteiger charge is 2.16. The van der Waals surface area contributed by atoms with Crippen molar-refractivity contribution in [2.24, 2.45) is 0 Å². The standard InChI is InChI=1S/C9H5BrF2O/c10-6-2-1-3-7-8(6)5(4-13-7)9(11)12/h1-4,9H. The van der Waals surface area contributed by atoms with Crippen LogP contribution in [0.25, 0.3) is 11.0 Å². The van der Waals surface area contributed by atoms with Gasteiger partial charge in [0.15, 0.2) is 0 Å². The highest BCUT2D eigenvalue weighted by molar-refractivity contribution is 9.10. The molecule has 1 nitrogen and oxygen atoms in total. The maximum absolute atomic E-state index is 12.4. The van der Waals surface area contributed by atoms with Crippen molar-refractivity contribution >= 4 is 26.9 Å². The maximum atomic E-state index is 12.4. The summed E-state index contributed by atoms with van der Waals surface area (Å²) in [7, 11) is 0. The molecule has 0 aliphatic rings. The average molecular weight is 247 g/mol. The van der Waals surface area contributed by atoms with E-state index < -0.39 is 6.43 Å². The normalized spacial score (nSPS) is 11.4. The molecule has 0 bridgehead atoms. The van der Waals surface area contributed by atoms with Gasteiger partial charge in [0, 0.05) is 9.86 Å². The Balaban J connectivity index is 2.79. The van der Waals surface area contributed by atoms with Crippen LogP contribution in [-0.2, 0) is 0 Å². The minimum Gasteiger partial charge on any atom is -0.464 e. The fraction of sp³-hybridized carbons (Fsp3) is 0.111. The number of fused-ring (bicyclic) bond motifs is 1. The molecule has 0 N–H and O–H groups in total. The number of rotatable bonds is 1. The SMILES string of the molecule is FC(F)c1coc2cccc(Br)c12. The summed E-state index contributed by atoms with van der Waals surface area (Å²) >= 11 is 3.20. The summed E-state index contributed by atoms with van der Waals surface area (Å²) in [6, 6.07) is 5.11. The lowest BCUT2D eigenvalue weighted by Gasteiger charge is -1.96. The van der Waals surface area contributed by atoms with E-state index in [-0.39, 0.29) is 5.56 Å². The molecule has 0 spiro atoms. The van der Waals surface area contributed by atoms with Crippen LogP contribution in [0.5, 0.6) is 0 Å². The molecule has 0 amide bonds. The van der Waals surface area contributed by atoms with Gasteiger partial charge in [-0.3, -0.25) is 0 Å². The Bertz CT molecular complexity index is 436. The summed E-state index contributed by atoms with van der Waals surface area (Å²) in [5, 5.41) is 0.456. The molecule has 0 aliphatic heterocycles. The molecule has 0 fully saturated rings. The van der Waals surface area contributed by atoms with Gasteiger partial charge in [-0.05, 0) is 12.1 Å². The van der Waals surface area contributed by atoms with Crippen LogP contribution < -0.4 is 0 Å². The largest absolute Gasteiger partial charge is 0.464 e. The van der Waals surface area contributed by atoms with Crippen molar-refractivity contribution in [1.29, 1.82) is 0 Å². The molecule has 68 valence electrons. The van der Waals surface area contributed by atoms with Crippen molar-refractivity contribution in [3.8, 4) is 0 Å². The third-order valence-corrected chi connectivity index (χ3v) is 2.47. The Kier molecular flexibility index (Phi) is 2.07. The lowest BCUT2D eigenvalue weighted by Crippen LogP contribution is -1.80. The fourth-order valence-corrected chi connectivity index (χ4v) is 1.81. The average Bonchev–Trinajstić information content (AvgIpc) is 2.49. The Hall–Kier alpha value is -0.900. The lowest BCUT2D eigenvalue weighted by molar-refractivity contribution is 0.152. The molecule has 0 unspecified atom stereocenters. The molecule has 2 rings (SSSR count). The van der Waals surface area contributed by atoms with Gasteiger partial charge in [-0.1, -0.05) is 22.0 Å². The molecule has 2 aromatic rings. The van der Waals surface area contributed by atoms with Crippen molar-refractivity contribution in [2.75, 3.05) is 0 Å². The molecule has 0 saturated heterocycles. The Morgan fingerprint density at radius 2 is 2.08 bits per heavy atom. The van der Waals surface area contributed by atoms with Gasteiger partial charge in [-0.2, -0.15) is 0 Å². The van der Waals surface area contributed by atoms with Gasteiger partial charge in [0.25, 0.3) is 6.43 Å². The van der Waals surface area contributed by atoms with Crippen molar-refractivity contribution in [1.82, 2.24) is 0 Å². The predicted molar refractivity (Wildman–Crippen MR) is 48.9 cm³/mol. The van der Waals surface area contributed by atoms with Crippen LogP contribution >= 0.6 is 15.9 Å². The predicted octanol–water partition coefficient (Wildman–Crippen LogP) is 4.13. The summed E-state index contributed by atoms with van der Waals surface area (Å²) in [6.45, 7) is 0. The highest BCUT2D eigenvalue weighted by Crippen LogP contribution is 2.34. The lowest BCUT2D eigenvalue weighted by atomic mass is 10.2.